The number of benzene rings is 2. The number of aromatic nitrogens is 1. The van der Waals surface area contributed by atoms with Gasteiger partial charge in [-0.2, -0.15) is 0 Å². The molecule has 0 amide bonds. The van der Waals surface area contributed by atoms with Crippen molar-refractivity contribution >= 4 is 0 Å². The van der Waals surface area contributed by atoms with Crippen LogP contribution in [0.5, 0.6) is 28.7 Å². The maximum absolute atomic E-state index is 9.91. The molecule has 0 aliphatic carbocycles. The zero-order valence-electron chi connectivity index (χ0n) is 13.0. The Balaban J connectivity index is 2.03. The number of aromatic hydroxyl groups is 3. The largest absolute Gasteiger partial charge is 0.508 e. The van der Waals surface area contributed by atoms with E-state index in [1.54, 1.807) is 31.4 Å². The molecule has 0 spiro atoms. The Bertz CT molecular complexity index is 864. The highest BCUT2D eigenvalue weighted by atomic mass is 16.5. The first-order valence-electron chi connectivity index (χ1n) is 6.98. The van der Waals surface area contributed by atoms with Gasteiger partial charge < -0.3 is 29.3 Å². The monoisotopic (exact) mass is 329 g/mol. The summed E-state index contributed by atoms with van der Waals surface area (Å²) in [5.74, 6) is 0.391. The van der Waals surface area contributed by atoms with Crippen molar-refractivity contribution in [2.45, 2.75) is 0 Å². The summed E-state index contributed by atoms with van der Waals surface area (Å²) in [6, 6.07) is 9.02. The van der Waals surface area contributed by atoms with Crippen LogP contribution in [0.2, 0.25) is 0 Å². The minimum Gasteiger partial charge on any atom is -0.508 e. The number of ether oxygens (including phenoxy) is 2. The maximum atomic E-state index is 9.91. The van der Waals surface area contributed by atoms with Crippen LogP contribution >= 0.6 is 0 Å². The summed E-state index contributed by atoms with van der Waals surface area (Å²) in [7, 11) is 3.07. The van der Waals surface area contributed by atoms with E-state index in [2.05, 4.69) is 5.16 Å². The van der Waals surface area contributed by atoms with Crippen LogP contribution in [0.25, 0.3) is 22.6 Å². The van der Waals surface area contributed by atoms with Crippen LogP contribution in [0.1, 0.15) is 0 Å². The summed E-state index contributed by atoms with van der Waals surface area (Å²) < 4.78 is 15.6. The van der Waals surface area contributed by atoms with Gasteiger partial charge in [0.15, 0.2) is 17.3 Å². The van der Waals surface area contributed by atoms with Gasteiger partial charge in [-0.15, -0.1) is 0 Å². The Labute approximate surface area is 137 Å². The van der Waals surface area contributed by atoms with Crippen LogP contribution in [0.15, 0.2) is 40.9 Å². The van der Waals surface area contributed by atoms with Crippen molar-refractivity contribution in [1.29, 1.82) is 0 Å². The van der Waals surface area contributed by atoms with Crippen molar-refractivity contribution in [2.75, 3.05) is 14.2 Å². The highest BCUT2D eigenvalue weighted by molar-refractivity contribution is 5.77. The molecule has 3 rings (SSSR count). The second-order valence-corrected chi connectivity index (χ2v) is 5.01. The fraction of sp³-hybridized carbons (Fsp3) is 0.118. The van der Waals surface area contributed by atoms with E-state index in [4.69, 9.17) is 14.0 Å². The average molecular weight is 329 g/mol. The van der Waals surface area contributed by atoms with E-state index in [9.17, 15) is 15.3 Å². The third-order valence-electron chi connectivity index (χ3n) is 3.52. The zero-order chi connectivity index (χ0) is 17.3. The second-order valence-electron chi connectivity index (χ2n) is 5.01. The summed E-state index contributed by atoms with van der Waals surface area (Å²) in [4.78, 5) is 0. The molecule has 0 aliphatic heterocycles. The summed E-state index contributed by atoms with van der Waals surface area (Å²) >= 11 is 0. The van der Waals surface area contributed by atoms with Gasteiger partial charge in [0.1, 0.15) is 28.5 Å². The molecule has 24 heavy (non-hydrogen) atoms. The Hall–Kier alpha value is -3.35. The van der Waals surface area contributed by atoms with Gasteiger partial charge in [-0.1, -0.05) is 5.16 Å². The van der Waals surface area contributed by atoms with Gasteiger partial charge in [0.05, 0.1) is 14.2 Å². The summed E-state index contributed by atoms with van der Waals surface area (Å²) in [5.41, 5.74) is 1.24. The lowest BCUT2D eigenvalue weighted by Gasteiger charge is -2.07. The van der Waals surface area contributed by atoms with Gasteiger partial charge in [-0.05, 0) is 18.2 Å². The minimum absolute atomic E-state index is 0.0482. The van der Waals surface area contributed by atoms with Gasteiger partial charge in [0.25, 0.3) is 0 Å². The lowest BCUT2D eigenvalue weighted by Crippen LogP contribution is -1.90. The van der Waals surface area contributed by atoms with Crippen LogP contribution in [0.4, 0.5) is 0 Å². The predicted molar refractivity (Wildman–Crippen MR) is 85.5 cm³/mol. The van der Waals surface area contributed by atoms with Crippen LogP contribution in [0, 0.1) is 0 Å². The van der Waals surface area contributed by atoms with Gasteiger partial charge in [-0.25, -0.2) is 0 Å². The molecule has 1 heterocycles. The molecule has 0 atom stereocenters. The average Bonchev–Trinajstić information content (AvgIpc) is 3.02. The summed E-state index contributed by atoms with van der Waals surface area (Å²) in [6.07, 6.45) is 0. The number of nitrogens with zero attached hydrogens (tertiary/aromatic N) is 1. The topological polar surface area (TPSA) is 105 Å². The lowest BCUT2D eigenvalue weighted by atomic mass is 10.1. The molecule has 1 aromatic heterocycles. The summed E-state index contributed by atoms with van der Waals surface area (Å²) in [5, 5.41) is 33.1. The number of hydrogen-bond donors (Lipinski definition) is 3. The van der Waals surface area contributed by atoms with E-state index >= 15 is 0 Å². The molecule has 0 radical (unpaired) electrons. The van der Waals surface area contributed by atoms with Gasteiger partial charge in [-0.3, -0.25) is 0 Å². The first kappa shape index (κ1) is 15.5. The molecule has 124 valence electrons. The normalized spacial score (nSPS) is 10.6. The lowest BCUT2D eigenvalue weighted by molar-refractivity contribution is 0.355. The molecule has 3 aromatic rings. The molecule has 7 heteroatoms. The van der Waals surface area contributed by atoms with Crippen LogP contribution in [-0.4, -0.2) is 34.7 Å². The van der Waals surface area contributed by atoms with Crippen molar-refractivity contribution in [3.05, 3.63) is 36.4 Å². The SMILES string of the molecule is COc1ccc(-c2cc(-c3c(O)cc(O)cc3O)on2)cc1OC. The van der Waals surface area contributed by atoms with E-state index in [1.807, 2.05) is 0 Å². The molecular formula is C17H15NO6. The molecule has 0 saturated heterocycles. The van der Waals surface area contributed by atoms with Gasteiger partial charge in [0, 0.05) is 23.8 Å². The predicted octanol–water partition coefficient (Wildman–Crippen LogP) is 3.14. The zero-order valence-corrected chi connectivity index (χ0v) is 13.0. The van der Waals surface area contributed by atoms with Crippen LogP contribution in [0.3, 0.4) is 0 Å². The Morgan fingerprint density at radius 2 is 1.54 bits per heavy atom. The van der Waals surface area contributed by atoms with E-state index in [1.165, 1.54) is 7.11 Å². The van der Waals surface area contributed by atoms with E-state index < -0.39 is 0 Å². The van der Waals surface area contributed by atoms with E-state index in [-0.39, 0.29) is 28.6 Å². The Kier molecular flexibility index (Phi) is 3.91. The number of methoxy groups -OCH3 is 2. The number of hydrogen-bond acceptors (Lipinski definition) is 7. The third-order valence-corrected chi connectivity index (χ3v) is 3.52. The molecule has 3 N–H and O–H groups in total. The standard InChI is InChI=1S/C17H15NO6/c1-22-14-4-3-9(5-15(14)23-2)11-8-16(24-18-11)17-12(20)6-10(19)7-13(17)21/h3-8,19-21H,1-2H3. The van der Waals surface area contributed by atoms with Gasteiger partial charge in [0.2, 0.25) is 0 Å². The first-order valence-corrected chi connectivity index (χ1v) is 6.98. The highest BCUT2D eigenvalue weighted by Crippen LogP contribution is 2.41. The molecule has 0 unspecified atom stereocenters. The molecule has 0 fully saturated rings. The van der Waals surface area contributed by atoms with E-state index in [0.29, 0.717) is 22.8 Å². The fourth-order valence-electron chi connectivity index (χ4n) is 2.37. The Morgan fingerprint density at radius 1 is 0.875 bits per heavy atom. The quantitative estimate of drug-likeness (QED) is 0.675. The maximum Gasteiger partial charge on any atom is 0.174 e. The number of phenolic OH excluding ortho intramolecular Hbond substituents is 3. The minimum atomic E-state index is -0.317. The van der Waals surface area contributed by atoms with Crippen molar-refractivity contribution in [2.24, 2.45) is 0 Å². The third kappa shape index (κ3) is 2.67. The second kappa shape index (κ2) is 6.04. The molecule has 0 aliphatic rings. The van der Waals surface area contributed by atoms with Crippen molar-refractivity contribution in [3.8, 4) is 51.3 Å². The van der Waals surface area contributed by atoms with Crippen LogP contribution in [-0.2, 0) is 0 Å². The van der Waals surface area contributed by atoms with Gasteiger partial charge >= 0.3 is 0 Å². The van der Waals surface area contributed by atoms with Crippen molar-refractivity contribution < 1.29 is 29.3 Å². The fourth-order valence-corrected chi connectivity index (χ4v) is 2.37. The number of rotatable bonds is 4. The molecular weight excluding hydrogens is 314 g/mol. The van der Waals surface area contributed by atoms with Crippen molar-refractivity contribution in [1.82, 2.24) is 5.16 Å². The highest BCUT2D eigenvalue weighted by Gasteiger charge is 2.18. The van der Waals surface area contributed by atoms with Crippen molar-refractivity contribution in [3.63, 3.8) is 0 Å². The number of phenols is 3. The first-order chi connectivity index (χ1) is 11.5. The van der Waals surface area contributed by atoms with E-state index in [0.717, 1.165) is 12.1 Å². The smallest absolute Gasteiger partial charge is 0.174 e. The Morgan fingerprint density at radius 3 is 2.17 bits per heavy atom. The molecule has 0 saturated carbocycles. The summed E-state index contributed by atoms with van der Waals surface area (Å²) in [6.45, 7) is 0. The van der Waals surface area contributed by atoms with Crippen LogP contribution < -0.4 is 9.47 Å². The molecule has 2 aromatic carbocycles. The molecule has 0 bridgehead atoms. The molecule has 7 nitrogen and oxygen atoms in total.